The van der Waals surface area contributed by atoms with Gasteiger partial charge in [0.05, 0.1) is 30.7 Å². The zero-order valence-corrected chi connectivity index (χ0v) is 16.1. The molecule has 1 aliphatic heterocycles. The molecule has 8 nitrogen and oxygen atoms in total. The molecule has 1 aliphatic rings. The number of rotatable bonds is 4. The number of hydrazone groups is 1. The first-order valence-electron chi connectivity index (χ1n) is 9.21. The van der Waals surface area contributed by atoms with Gasteiger partial charge in [-0.3, -0.25) is 14.4 Å². The van der Waals surface area contributed by atoms with Crippen LogP contribution in [0.2, 0.25) is 0 Å². The molecule has 0 aromatic heterocycles. The van der Waals surface area contributed by atoms with Crippen LogP contribution in [0.25, 0.3) is 0 Å². The summed E-state index contributed by atoms with van der Waals surface area (Å²) in [5.74, 6) is -2.06. The molecule has 0 spiro atoms. The third-order valence-corrected chi connectivity index (χ3v) is 4.37. The molecule has 3 amide bonds. The number of morpholine rings is 1. The van der Waals surface area contributed by atoms with Crippen LogP contribution >= 0.6 is 0 Å². The number of nitrogens with zero attached hydrogens (tertiary/aromatic N) is 2. The minimum absolute atomic E-state index is 0.220. The molecule has 0 atom stereocenters. The molecule has 1 heterocycles. The van der Waals surface area contributed by atoms with E-state index in [1.165, 1.54) is 6.21 Å². The van der Waals surface area contributed by atoms with Gasteiger partial charge >= 0.3 is 11.8 Å². The Morgan fingerprint density at radius 1 is 1.00 bits per heavy atom. The van der Waals surface area contributed by atoms with E-state index in [1.807, 2.05) is 31.2 Å². The molecule has 2 aromatic carbocycles. The number of carbonyl (C=O) groups excluding carboxylic acids is 3. The number of carbonyl (C=O) groups is 3. The third-order valence-electron chi connectivity index (χ3n) is 4.37. The first kappa shape index (κ1) is 20.2. The predicted molar refractivity (Wildman–Crippen MR) is 109 cm³/mol. The molecule has 8 heteroatoms. The van der Waals surface area contributed by atoms with E-state index in [-0.39, 0.29) is 11.6 Å². The van der Waals surface area contributed by atoms with Gasteiger partial charge in [0, 0.05) is 13.1 Å². The van der Waals surface area contributed by atoms with Crippen molar-refractivity contribution >= 4 is 29.6 Å². The van der Waals surface area contributed by atoms with Crippen LogP contribution in [-0.2, 0) is 14.3 Å². The molecule has 29 heavy (non-hydrogen) atoms. The Labute approximate surface area is 168 Å². The molecule has 0 bridgehead atoms. The van der Waals surface area contributed by atoms with Gasteiger partial charge in [0.25, 0.3) is 5.91 Å². The number of aryl methyl sites for hydroxylation is 1. The van der Waals surface area contributed by atoms with Gasteiger partial charge in [-0.05, 0) is 24.6 Å². The number of amides is 3. The standard InChI is InChI=1S/C21H22N4O4/c1-15-6-8-16(9-7-15)14-22-24-20(27)19(26)23-18-5-3-2-4-17(18)21(28)25-10-12-29-13-11-25/h2-9,14H,10-13H2,1H3,(H,23,26)(H,24,27)/b22-14+. The second-order valence-corrected chi connectivity index (χ2v) is 6.51. The van der Waals surface area contributed by atoms with Crippen LogP contribution in [0, 0.1) is 6.92 Å². The van der Waals surface area contributed by atoms with E-state index < -0.39 is 11.8 Å². The first-order chi connectivity index (χ1) is 14.0. The largest absolute Gasteiger partial charge is 0.378 e. The summed E-state index contributed by atoms with van der Waals surface area (Å²) in [6.45, 7) is 3.88. The van der Waals surface area contributed by atoms with Gasteiger partial charge in [-0.2, -0.15) is 5.10 Å². The number of hydrogen-bond donors (Lipinski definition) is 2. The van der Waals surface area contributed by atoms with Crippen molar-refractivity contribution in [2.45, 2.75) is 6.92 Å². The molecule has 150 valence electrons. The Balaban J connectivity index is 1.61. The number of benzene rings is 2. The zero-order valence-electron chi connectivity index (χ0n) is 16.1. The summed E-state index contributed by atoms with van der Waals surface area (Å²) in [4.78, 5) is 38.6. The van der Waals surface area contributed by atoms with Crippen molar-refractivity contribution in [1.82, 2.24) is 10.3 Å². The van der Waals surface area contributed by atoms with Crippen LogP contribution in [0.4, 0.5) is 5.69 Å². The molecule has 0 unspecified atom stereocenters. The number of nitrogens with one attached hydrogen (secondary N) is 2. The smallest absolute Gasteiger partial charge is 0.329 e. The van der Waals surface area contributed by atoms with Crippen LogP contribution < -0.4 is 10.7 Å². The van der Waals surface area contributed by atoms with E-state index in [2.05, 4.69) is 15.8 Å². The maximum atomic E-state index is 12.7. The van der Waals surface area contributed by atoms with Gasteiger partial charge in [0.1, 0.15) is 0 Å². The second-order valence-electron chi connectivity index (χ2n) is 6.51. The van der Waals surface area contributed by atoms with Crippen LogP contribution in [0.1, 0.15) is 21.5 Å². The van der Waals surface area contributed by atoms with Gasteiger partial charge in [0.15, 0.2) is 0 Å². The highest BCUT2D eigenvalue weighted by atomic mass is 16.5. The maximum Gasteiger partial charge on any atom is 0.329 e. The Morgan fingerprint density at radius 3 is 2.41 bits per heavy atom. The van der Waals surface area contributed by atoms with Crippen molar-refractivity contribution in [1.29, 1.82) is 0 Å². The average Bonchev–Trinajstić information content (AvgIpc) is 2.75. The van der Waals surface area contributed by atoms with Gasteiger partial charge in [-0.25, -0.2) is 5.43 Å². The molecule has 3 rings (SSSR count). The minimum Gasteiger partial charge on any atom is -0.378 e. The summed E-state index contributed by atoms with van der Waals surface area (Å²) in [6.07, 6.45) is 1.44. The zero-order chi connectivity index (χ0) is 20.6. The van der Waals surface area contributed by atoms with Gasteiger partial charge in [-0.15, -0.1) is 0 Å². The number of anilines is 1. The van der Waals surface area contributed by atoms with Crippen LogP contribution in [-0.4, -0.2) is 55.1 Å². The van der Waals surface area contributed by atoms with E-state index in [0.29, 0.717) is 31.9 Å². The molecule has 0 aliphatic carbocycles. The SMILES string of the molecule is Cc1ccc(/C=N/NC(=O)C(=O)Nc2ccccc2C(=O)N2CCOCC2)cc1. The fourth-order valence-electron chi connectivity index (χ4n) is 2.76. The lowest BCUT2D eigenvalue weighted by Crippen LogP contribution is -2.41. The van der Waals surface area contributed by atoms with Crippen LogP contribution in [0.3, 0.4) is 0 Å². The monoisotopic (exact) mass is 394 g/mol. The number of ether oxygens (including phenoxy) is 1. The molecule has 0 radical (unpaired) electrons. The lowest BCUT2D eigenvalue weighted by atomic mass is 10.1. The fourth-order valence-corrected chi connectivity index (χ4v) is 2.76. The summed E-state index contributed by atoms with van der Waals surface area (Å²) < 4.78 is 5.26. The van der Waals surface area contributed by atoms with Crippen LogP contribution in [0.5, 0.6) is 0 Å². The molecule has 2 N–H and O–H groups in total. The van der Waals surface area contributed by atoms with E-state index in [0.717, 1.165) is 11.1 Å². The Bertz CT molecular complexity index is 919. The molecular formula is C21H22N4O4. The average molecular weight is 394 g/mol. The Morgan fingerprint density at radius 2 is 1.69 bits per heavy atom. The van der Waals surface area contributed by atoms with Gasteiger partial charge < -0.3 is 15.0 Å². The van der Waals surface area contributed by atoms with Crippen molar-refractivity contribution in [3.63, 3.8) is 0 Å². The number of hydrogen-bond acceptors (Lipinski definition) is 5. The second kappa shape index (κ2) is 9.61. The molecular weight excluding hydrogens is 372 g/mol. The lowest BCUT2D eigenvalue weighted by molar-refractivity contribution is -0.136. The molecule has 1 saturated heterocycles. The normalized spacial score (nSPS) is 13.9. The van der Waals surface area contributed by atoms with Crippen molar-refractivity contribution in [2.24, 2.45) is 5.10 Å². The van der Waals surface area contributed by atoms with Crippen molar-refractivity contribution in [3.8, 4) is 0 Å². The fraction of sp³-hybridized carbons (Fsp3) is 0.238. The Hall–Kier alpha value is -3.52. The summed E-state index contributed by atoms with van der Waals surface area (Å²) in [5, 5.41) is 6.27. The molecule has 2 aromatic rings. The first-order valence-corrected chi connectivity index (χ1v) is 9.21. The minimum atomic E-state index is -0.929. The summed E-state index contributed by atoms with van der Waals surface area (Å²) in [6, 6.07) is 14.1. The predicted octanol–water partition coefficient (Wildman–Crippen LogP) is 1.56. The highest BCUT2D eigenvalue weighted by Gasteiger charge is 2.22. The highest BCUT2D eigenvalue weighted by Crippen LogP contribution is 2.18. The van der Waals surface area contributed by atoms with E-state index in [9.17, 15) is 14.4 Å². The van der Waals surface area contributed by atoms with E-state index >= 15 is 0 Å². The van der Waals surface area contributed by atoms with Crippen molar-refractivity contribution in [2.75, 3.05) is 31.6 Å². The van der Waals surface area contributed by atoms with E-state index in [4.69, 9.17) is 4.74 Å². The summed E-state index contributed by atoms with van der Waals surface area (Å²) >= 11 is 0. The van der Waals surface area contributed by atoms with Gasteiger partial charge in [-0.1, -0.05) is 42.0 Å². The number of para-hydroxylation sites is 1. The van der Waals surface area contributed by atoms with Gasteiger partial charge in [0.2, 0.25) is 0 Å². The maximum absolute atomic E-state index is 12.7. The van der Waals surface area contributed by atoms with E-state index in [1.54, 1.807) is 29.2 Å². The third kappa shape index (κ3) is 5.49. The Kier molecular flexibility index (Phi) is 6.70. The highest BCUT2D eigenvalue weighted by molar-refractivity contribution is 6.40. The summed E-state index contributed by atoms with van der Waals surface area (Å²) in [5.41, 5.74) is 4.67. The van der Waals surface area contributed by atoms with Crippen molar-refractivity contribution < 1.29 is 19.1 Å². The van der Waals surface area contributed by atoms with Crippen molar-refractivity contribution in [3.05, 3.63) is 65.2 Å². The quantitative estimate of drug-likeness (QED) is 0.467. The lowest BCUT2D eigenvalue weighted by Gasteiger charge is -2.27. The molecule has 1 fully saturated rings. The molecule has 0 saturated carbocycles. The topological polar surface area (TPSA) is 100 Å². The summed E-state index contributed by atoms with van der Waals surface area (Å²) in [7, 11) is 0. The van der Waals surface area contributed by atoms with Crippen LogP contribution in [0.15, 0.2) is 53.6 Å².